The lowest BCUT2D eigenvalue weighted by Gasteiger charge is -2.42. The Labute approximate surface area is 151 Å². The maximum absolute atomic E-state index is 12.1. The van der Waals surface area contributed by atoms with Crippen LogP contribution in [0.1, 0.15) is 26.7 Å². The Bertz CT molecular complexity index is 353. The number of amides is 1. The van der Waals surface area contributed by atoms with Crippen LogP contribution in [0.5, 0.6) is 0 Å². The fourth-order valence-electron chi connectivity index (χ4n) is 3.03. The summed E-state index contributed by atoms with van der Waals surface area (Å²) < 4.78 is 10.8. The van der Waals surface area contributed by atoms with Gasteiger partial charge in [-0.25, -0.2) is 0 Å². The van der Waals surface area contributed by atoms with Gasteiger partial charge < -0.3 is 20.5 Å². The number of rotatable bonds is 5. The zero-order valence-electron chi connectivity index (χ0n) is 14.1. The standard InChI is InChI=1S/C15H29N3O3.2ClH/c1-15(2)11-21-10-7-18(15)6-5-17-14(19)13(16)12-3-8-20-9-4-12;;/h12-13H,3-11,16H2,1-2H3,(H,17,19);2*1H. The molecule has 138 valence electrons. The van der Waals surface area contributed by atoms with Gasteiger partial charge >= 0.3 is 0 Å². The van der Waals surface area contributed by atoms with E-state index >= 15 is 0 Å². The molecular weight excluding hydrogens is 341 g/mol. The van der Waals surface area contributed by atoms with Gasteiger partial charge in [0.2, 0.25) is 5.91 Å². The van der Waals surface area contributed by atoms with Gasteiger partial charge in [-0.2, -0.15) is 0 Å². The highest BCUT2D eigenvalue weighted by Crippen LogP contribution is 2.19. The maximum Gasteiger partial charge on any atom is 0.237 e. The number of morpholine rings is 1. The quantitative estimate of drug-likeness (QED) is 0.747. The number of carbonyl (C=O) groups is 1. The molecule has 0 radical (unpaired) electrons. The highest BCUT2D eigenvalue weighted by molar-refractivity contribution is 5.85. The van der Waals surface area contributed by atoms with Gasteiger partial charge in [0, 0.05) is 38.4 Å². The van der Waals surface area contributed by atoms with Crippen molar-refractivity contribution in [3.8, 4) is 0 Å². The van der Waals surface area contributed by atoms with Crippen LogP contribution in [0.25, 0.3) is 0 Å². The second kappa shape index (κ2) is 10.7. The van der Waals surface area contributed by atoms with Gasteiger partial charge in [0.05, 0.1) is 19.3 Å². The molecule has 2 aliphatic rings. The first-order chi connectivity index (χ1) is 10.0. The third-order valence-corrected chi connectivity index (χ3v) is 4.57. The average Bonchev–Trinajstić information content (AvgIpc) is 2.48. The summed E-state index contributed by atoms with van der Waals surface area (Å²) in [6, 6.07) is -0.411. The first-order valence-electron chi connectivity index (χ1n) is 7.94. The van der Waals surface area contributed by atoms with Crippen molar-refractivity contribution in [1.82, 2.24) is 10.2 Å². The molecule has 2 fully saturated rings. The molecule has 0 aromatic rings. The molecule has 2 saturated heterocycles. The van der Waals surface area contributed by atoms with Gasteiger partial charge in [0.15, 0.2) is 0 Å². The Hall–Kier alpha value is -0.110. The topological polar surface area (TPSA) is 76.8 Å². The van der Waals surface area contributed by atoms with Crippen LogP contribution in [-0.2, 0) is 14.3 Å². The Morgan fingerprint density at radius 2 is 1.91 bits per heavy atom. The minimum atomic E-state index is -0.411. The van der Waals surface area contributed by atoms with Crippen LogP contribution < -0.4 is 11.1 Å². The summed E-state index contributed by atoms with van der Waals surface area (Å²) in [5.74, 6) is 0.214. The monoisotopic (exact) mass is 371 g/mol. The van der Waals surface area contributed by atoms with Crippen molar-refractivity contribution in [2.45, 2.75) is 38.3 Å². The van der Waals surface area contributed by atoms with Crippen LogP contribution in [-0.4, -0.2) is 68.4 Å². The molecular formula is C15H31Cl2N3O3. The van der Waals surface area contributed by atoms with E-state index in [-0.39, 0.29) is 42.2 Å². The van der Waals surface area contributed by atoms with Gasteiger partial charge in [-0.05, 0) is 32.6 Å². The van der Waals surface area contributed by atoms with Crippen molar-refractivity contribution in [2.75, 3.05) is 46.1 Å². The van der Waals surface area contributed by atoms with Gasteiger partial charge in [0.25, 0.3) is 0 Å². The summed E-state index contributed by atoms with van der Waals surface area (Å²) in [5.41, 5.74) is 6.10. The van der Waals surface area contributed by atoms with Crippen molar-refractivity contribution >= 4 is 30.7 Å². The average molecular weight is 372 g/mol. The van der Waals surface area contributed by atoms with Gasteiger partial charge in [-0.1, -0.05) is 0 Å². The molecule has 2 heterocycles. The lowest BCUT2D eigenvalue weighted by molar-refractivity contribution is -0.124. The molecule has 0 aliphatic carbocycles. The van der Waals surface area contributed by atoms with Crippen LogP contribution >= 0.6 is 24.8 Å². The molecule has 0 bridgehead atoms. The van der Waals surface area contributed by atoms with Crippen molar-refractivity contribution in [2.24, 2.45) is 11.7 Å². The lowest BCUT2D eigenvalue weighted by Crippen LogP contribution is -2.55. The lowest BCUT2D eigenvalue weighted by atomic mass is 9.92. The van der Waals surface area contributed by atoms with E-state index in [2.05, 4.69) is 24.1 Å². The van der Waals surface area contributed by atoms with Crippen LogP contribution in [0.4, 0.5) is 0 Å². The number of hydrogen-bond acceptors (Lipinski definition) is 5. The number of nitrogens with two attached hydrogens (primary N) is 1. The van der Waals surface area contributed by atoms with Crippen molar-refractivity contribution in [3.63, 3.8) is 0 Å². The minimum Gasteiger partial charge on any atom is -0.381 e. The van der Waals surface area contributed by atoms with E-state index in [4.69, 9.17) is 15.2 Å². The van der Waals surface area contributed by atoms with E-state index < -0.39 is 6.04 Å². The predicted molar refractivity (Wildman–Crippen MR) is 95.5 cm³/mol. The Morgan fingerprint density at radius 1 is 1.26 bits per heavy atom. The molecule has 0 aromatic heterocycles. The highest BCUT2D eigenvalue weighted by Gasteiger charge is 2.30. The molecule has 8 heteroatoms. The van der Waals surface area contributed by atoms with E-state index in [1.54, 1.807) is 0 Å². The molecule has 6 nitrogen and oxygen atoms in total. The molecule has 1 amide bonds. The number of ether oxygens (including phenoxy) is 2. The van der Waals surface area contributed by atoms with Crippen LogP contribution in [0.2, 0.25) is 0 Å². The molecule has 2 rings (SSSR count). The molecule has 0 spiro atoms. The SMILES string of the molecule is CC1(C)COCCN1CCNC(=O)C(N)C1CCOCC1.Cl.Cl. The van der Waals surface area contributed by atoms with E-state index in [1.807, 2.05) is 0 Å². The molecule has 2 aliphatic heterocycles. The minimum absolute atomic E-state index is 0. The van der Waals surface area contributed by atoms with Crippen molar-refractivity contribution in [3.05, 3.63) is 0 Å². The first-order valence-corrected chi connectivity index (χ1v) is 7.94. The fourth-order valence-corrected chi connectivity index (χ4v) is 3.03. The summed E-state index contributed by atoms with van der Waals surface area (Å²) in [6.07, 6.45) is 1.76. The number of halogens is 2. The van der Waals surface area contributed by atoms with E-state index in [0.29, 0.717) is 19.8 Å². The molecule has 0 saturated carbocycles. The largest absolute Gasteiger partial charge is 0.381 e. The summed E-state index contributed by atoms with van der Waals surface area (Å²) in [7, 11) is 0. The first kappa shape index (κ1) is 22.9. The second-order valence-electron chi connectivity index (χ2n) is 6.62. The highest BCUT2D eigenvalue weighted by atomic mass is 35.5. The van der Waals surface area contributed by atoms with Crippen LogP contribution in [0.3, 0.4) is 0 Å². The van der Waals surface area contributed by atoms with Gasteiger partial charge in [-0.3, -0.25) is 9.69 Å². The van der Waals surface area contributed by atoms with Gasteiger partial charge in [-0.15, -0.1) is 24.8 Å². The maximum atomic E-state index is 12.1. The molecule has 1 unspecified atom stereocenters. The molecule has 0 aromatic carbocycles. The molecule has 3 N–H and O–H groups in total. The summed E-state index contributed by atoms with van der Waals surface area (Å²) in [4.78, 5) is 14.5. The zero-order valence-corrected chi connectivity index (χ0v) is 15.7. The smallest absolute Gasteiger partial charge is 0.237 e. The Kier molecular flexibility index (Phi) is 10.6. The van der Waals surface area contributed by atoms with E-state index in [0.717, 1.165) is 39.1 Å². The van der Waals surface area contributed by atoms with Crippen molar-refractivity contribution in [1.29, 1.82) is 0 Å². The number of hydrogen-bond donors (Lipinski definition) is 2. The number of carbonyl (C=O) groups excluding carboxylic acids is 1. The number of nitrogens with one attached hydrogen (secondary N) is 1. The van der Waals surface area contributed by atoms with E-state index in [1.165, 1.54) is 0 Å². The van der Waals surface area contributed by atoms with Crippen LogP contribution in [0, 0.1) is 5.92 Å². The fraction of sp³-hybridized carbons (Fsp3) is 0.933. The Balaban J connectivity index is 0.00000242. The second-order valence-corrected chi connectivity index (χ2v) is 6.62. The van der Waals surface area contributed by atoms with Crippen LogP contribution in [0.15, 0.2) is 0 Å². The van der Waals surface area contributed by atoms with E-state index in [9.17, 15) is 4.79 Å². The third-order valence-electron chi connectivity index (χ3n) is 4.57. The third kappa shape index (κ3) is 6.72. The molecule has 1 atom stereocenters. The van der Waals surface area contributed by atoms with Crippen molar-refractivity contribution < 1.29 is 14.3 Å². The normalized spacial score (nSPS) is 23.3. The number of nitrogens with zero attached hydrogens (tertiary/aromatic N) is 1. The summed E-state index contributed by atoms with van der Waals surface area (Å²) >= 11 is 0. The van der Waals surface area contributed by atoms with Gasteiger partial charge in [0.1, 0.15) is 0 Å². The predicted octanol–water partition coefficient (Wildman–Crippen LogP) is 0.811. The Morgan fingerprint density at radius 3 is 2.52 bits per heavy atom. The summed E-state index contributed by atoms with van der Waals surface area (Å²) in [6.45, 7) is 9.66. The molecule has 23 heavy (non-hydrogen) atoms. The zero-order chi connectivity index (χ0) is 15.3. The summed E-state index contributed by atoms with van der Waals surface area (Å²) in [5, 5.41) is 2.98.